The molecule has 0 fully saturated rings. The number of carbonyl (C=O) groups excluding carboxylic acids is 2. The maximum atomic E-state index is 12.5. The number of hydrogen-bond acceptors (Lipinski definition) is 5. The van der Waals surface area contributed by atoms with E-state index in [1.54, 1.807) is 25.1 Å². The molecule has 0 atom stereocenters. The number of thiophene rings is 1. The zero-order valence-corrected chi connectivity index (χ0v) is 15.1. The summed E-state index contributed by atoms with van der Waals surface area (Å²) < 4.78 is 12.1. The van der Waals surface area contributed by atoms with Gasteiger partial charge in [-0.25, -0.2) is 9.59 Å². The van der Waals surface area contributed by atoms with E-state index in [2.05, 4.69) is 15.9 Å². The lowest BCUT2D eigenvalue weighted by atomic mass is 10.2. The van der Waals surface area contributed by atoms with E-state index in [9.17, 15) is 9.59 Å². The molecule has 0 saturated heterocycles. The van der Waals surface area contributed by atoms with Gasteiger partial charge in [0.05, 0.1) is 12.2 Å². The Labute approximate surface area is 151 Å². The predicted octanol–water partition coefficient (Wildman–Crippen LogP) is 5.06. The molecule has 0 unspecified atom stereocenters. The second-order valence-electron chi connectivity index (χ2n) is 4.85. The minimum absolute atomic E-state index is 0.245. The summed E-state index contributed by atoms with van der Waals surface area (Å²) in [7, 11) is 0. The number of hydrogen-bond donors (Lipinski definition) is 0. The molecule has 1 heterocycles. The third-order valence-corrected chi connectivity index (χ3v) is 5.12. The molecule has 122 valence electrons. The average molecular weight is 405 g/mol. The van der Waals surface area contributed by atoms with Gasteiger partial charge in [-0.2, -0.15) is 0 Å². The van der Waals surface area contributed by atoms with Crippen molar-refractivity contribution in [3.05, 3.63) is 63.4 Å². The van der Waals surface area contributed by atoms with Gasteiger partial charge in [-0.1, -0.05) is 24.3 Å². The minimum atomic E-state index is -0.531. The van der Waals surface area contributed by atoms with Crippen LogP contribution in [0.5, 0.6) is 5.75 Å². The standard InChI is InChI=1S/C18H13BrO4S/c1-2-22-18(21)16-15(12-8-4-6-10-14(12)24-16)23-17(20)11-7-3-5-9-13(11)19/h3-10H,2H2,1H3. The highest BCUT2D eigenvalue weighted by Gasteiger charge is 2.24. The zero-order valence-electron chi connectivity index (χ0n) is 12.7. The molecule has 4 nitrogen and oxygen atoms in total. The summed E-state index contributed by atoms with van der Waals surface area (Å²) in [5.41, 5.74) is 0.391. The van der Waals surface area contributed by atoms with Crippen molar-refractivity contribution in [2.45, 2.75) is 6.92 Å². The first-order chi connectivity index (χ1) is 11.6. The van der Waals surface area contributed by atoms with E-state index in [0.717, 1.165) is 4.70 Å². The highest BCUT2D eigenvalue weighted by molar-refractivity contribution is 9.10. The maximum Gasteiger partial charge on any atom is 0.352 e. The van der Waals surface area contributed by atoms with Crippen LogP contribution in [0.25, 0.3) is 10.1 Å². The Bertz CT molecular complexity index is 916. The van der Waals surface area contributed by atoms with Gasteiger partial charge in [-0.15, -0.1) is 11.3 Å². The molecule has 1 aromatic heterocycles. The van der Waals surface area contributed by atoms with E-state index in [0.29, 0.717) is 20.3 Å². The van der Waals surface area contributed by atoms with Gasteiger partial charge in [0.25, 0.3) is 0 Å². The van der Waals surface area contributed by atoms with E-state index in [1.165, 1.54) is 11.3 Å². The third-order valence-electron chi connectivity index (χ3n) is 3.30. The maximum absolute atomic E-state index is 12.5. The number of ether oxygens (including phenoxy) is 2. The number of halogens is 1. The fourth-order valence-electron chi connectivity index (χ4n) is 2.23. The monoisotopic (exact) mass is 404 g/mol. The molecule has 0 spiro atoms. The van der Waals surface area contributed by atoms with Gasteiger partial charge in [-0.3, -0.25) is 0 Å². The lowest BCUT2D eigenvalue weighted by Crippen LogP contribution is -2.12. The Morgan fingerprint density at radius 3 is 2.50 bits per heavy atom. The Balaban J connectivity index is 2.04. The van der Waals surface area contributed by atoms with Crippen LogP contribution in [0, 0.1) is 0 Å². The van der Waals surface area contributed by atoms with Crippen molar-refractivity contribution >= 4 is 49.3 Å². The van der Waals surface area contributed by atoms with Crippen molar-refractivity contribution in [1.29, 1.82) is 0 Å². The van der Waals surface area contributed by atoms with Crippen LogP contribution in [0.4, 0.5) is 0 Å². The molecule has 0 bridgehead atoms. The van der Waals surface area contributed by atoms with Gasteiger partial charge in [-0.05, 0) is 47.1 Å². The molecule has 0 N–H and O–H groups in total. The summed E-state index contributed by atoms with van der Waals surface area (Å²) in [4.78, 5) is 25.0. The van der Waals surface area contributed by atoms with Crippen molar-refractivity contribution in [2.75, 3.05) is 6.61 Å². The molecule has 0 radical (unpaired) electrons. The van der Waals surface area contributed by atoms with Gasteiger partial charge < -0.3 is 9.47 Å². The van der Waals surface area contributed by atoms with Gasteiger partial charge in [0.15, 0.2) is 10.6 Å². The van der Waals surface area contributed by atoms with Crippen LogP contribution in [0.2, 0.25) is 0 Å². The molecule has 24 heavy (non-hydrogen) atoms. The number of carbonyl (C=O) groups is 2. The van der Waals surface area contributed by atoms with E-state index < -0.39 is 11.9 Å². The highest BCUT2D eigenvalue weighted by Crippen LogP contribution is 2.38. The van der Waals surface area contributed by atoms with Gasteiger partial charge in [0.1, 0.15) is 0 Å². The quantitative estimate of drug-likeness (QED) is 0.570. The van der Waals surface area contributed by atoms with Crippen molar-refractivity contribution in [3.63, 3.8) is 0 Å². The molecule has 0 aliphatic carbocycles. The van der Waals surface area contributed by atoms with Crippen LogP contribution in [0.1, 0.15) is 27.0 Å². The van der Waals surface area contributed by atoms with Crippen molar-refractivity contribution in [2.24, 2.45) is 0 Å². The smallest absolute Gasteiger partial charge is 0.352 e. The fourth-order valence-corrected chi connectivity index (χ4v) is 3.70. The van der Waals surface area contributed by atoms with Gasteiger partial charge >= 0.3 is 11.9 Å². The first-order valence-corrected chi connectivity index (χ1v) is 8.88. The SMILES string of the molecule is CCOC(=O)c1sc2ccccc2c1OC(=O)c1ccccc1Br. The molecule has 0 aliphatic rings. The second-order valence-corrected chi connectivity index (χ2v) is 6.75. The molecule has 2 aromatic carbocycles. The molecule has 3 rings (SSSR count). The lowest BCUT2D eigenvalue weighted by Gasteiger charge is -2.07. The largest absolute Gasteiger partial charge is 0.462 e. The summed E-state index contributed by atoms with van der Waals surface area (Å²) in [6.07, 6.45) is 0. The first kappa shape index (κ1) is 16.7. The van der Waals surface area contributed by atoms with Crippen LogP contribution >= 0.6 is 27.3 Å². The van der Waals surface area contributed by atoms with E-state index in [1.807, 2.05) is 30.3 Å². The molecule has 3 aromatic rings. The first-order valence-electron chi connectivity index (χ1n) is 7.27. The number of fused-ring (bicyclic) bond motifs is 1. The number of esters is 2. The molecular weight excluding hydrogens is 392 g/mol. The molecule has 0 saturated carbocycles. The van der Waals surface area contributed by atoms with Gasteiger partial charge in [0.2, 0.25) is 0 Å². The Kier molecular flexibility index (Phi) is 4.97. The number of rotatable bonds is 4. The van der Waals surface area contributed by atoms with Crippen LogP contribution in [-0.4, -0.2) is 18.5 Å². The average Bonchev–Trinajstić information content (AvgIpc) is 2.94. The zero-order chi connectivity index (χ0) is 17.1. The van der Waals surface area contributed by atoms with Crippen molar-refractivity contribution in [1.82, 2.24) is 0 Å². The van der Waals surface area contributed by atoms with Crippen LogP contribution in [-0.2, 0) is 4.74 Å². The van der Waals surface area contributed by atoms with Gasteiger partial charge in [0, 0.05) is 14.6 Å². The molecular formula is C18H13BrO4S. The predicted molar refractivity (Wildman–Crippen MR) is 96.9 cm³/mol. The number of benzene rings is 2. The van der Waals surface area contributed by atoms with Crippen LogP contribution in [0.3, 0.4) is 0 Å². The fraction of sp³-hybridized carbons (Fsp3) is 0.111. The summed E-state index contributed by atoms with van der Waals surface area (Å²) in [6, 6.07) is 14.4. The van der Waals surface area contributed by atoms with Crippen molar-refractivity contribution < 1.29 is 19.1 Å². The van der Waals surface area contributed by atoms with Crippen LogP contribution in [0.15, 0.2) is 53.0 Å². The molecule has 6 heteroatoms. The molecule has 0 amide bonds. The lowest BCUT2D eigenvalue weighted by molar-refractivity contribution is 0.0527. The van der Waals surface area contributed by atoms with Crippen LogP contribution < -0.4 is 4.74 Å². The van der Waals surface area contributed by atoms with E-state index >= 15 is 0 Å². The summed E-state index contributed by atoms with van der Waals surface area (Å²) in [5, 5.41) is 0.714. The Morgan fingerprint density at radius 1 is 1.04 bits per heavy atom. The topological polar surface area (TPSA) is 52.6 Å². The normalized spacial score (nSPS) is 10.6. The molecule has 0 aliphatic heterocycles. The Morgan fingerprint density at radius 2 is 1.75 bits per heavy atom. The summed E-state index contributed by atoms with van der Waals surface area (Å²) in [6.45, 7) is 1.99. The third kappa shape index (κ3) is 3.20. The van der Waals surface area contributed by atoms with E-state index in [-0.39, 0.29) is 12.4 Å². The summed E-state index contributed by atoms with van der Waals surface area (Å²) >= 11 is 4.58. The van der Waals surface area contributed by atoms with Crippen molar-refractivity contribution in [3.8, 4) is 5.75 Å². The summed E-state index contributed by atoms with van der Waals surface area (Å²) in [5.74, 6) is -0.778. The Hall–Kier alpha value is -2.18. The van der Waals surface area contributed by atoms with E-state index in [4.69, 9.17) is 9.47 Å². The highest BCUT2D eigenvalue weighted by atomic mass is 79.9. The second kappa shape index (κ2) is 7.15. The minimum Gasteiger partial charge on any atom is -0.462 e.